The van der Waals surface area contributed by atoms with Gasteiger partial charge in [0.25, 0.3) is 0 Å². The first-order chi connectivity index (χ1) is 9.33. The summed E-state index contributed by atoms with van der Waals surface area (Å²) in [7, 11) is 0. The van der Waals surface area contributed by atoms with Crippen LogP contribution in [0.15, 0.2) is 54.6 Å². The molecule has 3 rings (SSSR count). The fourth-order valence-corrected chi connectivity index (χ4v) is 3.17. The molecule has 0 saturated carbocycles. The highest BCUT2D eigenvalue weighted by molar-refractivity contribution is 5.72. The second kappa shape index (κ2) is 5.06. The molecule has 0 radical (unpaired) electrons. The highest BCUT2D eigenvalue weighted by atomic mass is 15.2. The van der Waals surface area contributed by atoms with Crippen LogP contribution in [0.3, 0.4) is 0 Å². The number of para-hydroxylation sites is 2. The number of nitrogens with zero attached hydrogens (tertiary/aromatic N) is 1. The molecule has 0 bridgehead atoms. The van der Waals surface area contributed by atoms with Crippen molar-refractivity contribution in [2.24, 2.45) is 5.73 Å². The lowest BCUT2D eigenvalue weighted by Crippen LogP contribution is -2.31. The average molecular weight is 252 g/mol. The first-order valence-corrected chi connectivity index (χ1v) is 6.96. The van der Waals surface area contributed by atoms with E-state index in [-0.39, 0.29) is 0 Å². The Hall–Kier alpha value is -1.80. The number of anilines is 2. The molecule has 1 aliphatic rings. The number of rotatable bonds is 3. The van der Waals surface area contributed by atoms with Crippen molar-refractivity contribution in [2.45, 2.75) is 25.3 Å². The van der Waals surface area contributed by atoms with Gasteiger partial charge in [-0.05, 0) is 36.7 Å². The molecule has 0 amide bonds. The Labute approximate surface area is 114 Å². The number of hydrogen-bond donors (Lipinski definition) is 1. The van der Waals surface area contributed by atoms with Crippen LogP contribution in [0.4, 0.5) is 11.4 Å². The van der Waals surface area contributed by atoms with E-state index in [9.17, 15) is 0 Å². The van der Waals surface area contributed by atoms with Gasteiger partial charge in [-0.25, -0.2) is 0 Å². The van der Waals surface area contributed by atoms with E-state index >= 15 is 0 Å². The van der Waals surface area contributed by atoms with Gasteiger partial charge in [-0.15, -0.1) is 0 Å². The van der Waals surface area contributed by atoms with Crippen molar-refractivity contribution in [2.75, 3.05) is 11.4 Å². The maximum Gasteiger partial charge on any atom is 0.0449 e. The van der Waals surface area contributed by atoms with E-state index in [4.69, 9.17) is 5.73 Å². The topological polar surface area (TPSA) is 29.3 Å². The van der Waals surface area contributed by atoms with Crippen molar-refractivity contribution in [1.82, 2.24) is 0 Å². The summed E-state index contributed by atoms with van der Waals surface area (Å²) in [5.41, 5.74) is 9.85. The SMILES string of the molecule is CC1c2ccccc2N(c2ccccc2)C1CCN. The van der Waals surface area contributed by atoms with Crippen molar-refractivity contribution in [1.29, 1.82) is 0 Å². The zero-order valence-electron chi connectivity index (χ0n) is 11.3. The van der Waals surface area contributed by atoms with Crippen LogP contribution in [0.25, 0.3) is 0 Å². The summed E-state index contributed by atoms with van der Waals surface area (Å²) in [6, 6.07) is 19.8. The van der Waals surface area contributed by atoms with Crippen molar-refractivity contribution in [3.63, 3.8) is 0 Å². The predicted octanol–water partition coefficient (Wildman–Crippen LogP) is 3.66. The second-order valence-electron chi connectivity index (χ2n) is 5.20. The van der Waals surface area contributed by atoms with E-state index in [1.165, 1.54) is 16.9 Å². The van der Waals surface area contributed by atoms with Gasteiger partial charge in [-0.3, -0.25) is 0 Å². The van der Waals surface area contributed by atoms with Crippen molar-refractivity contribution >= 4 is 11.4 Å². The number of hydrogen-bond acceptors (Lipinski definition) is 2. The first kappa shape index (κ1) is 12.2. The largest absolute Gasteiger partial charge is 0.337 e. The van der Waals surface area contributed by atoms with E-state index in [2.05, 4.69) is 66.4 Å². The van der Waals surface area contributed by atoms with E-state index in [1.807, 2.05) is 0 Å². The van der Waals surface area contributed by atoms with Gasteiger partial charge in [0.1, 0.15) is 0 Å². The summed E-state index contributed by atoms with van der Waals surface area (Å²) in [5.74, 6) is 0.528. The second-order valence-corrected chi connectivity index (χ2v) is 5.20. The fourth-order valence-electron chi connectivity index (χ4n) is 3.17. The van der Waals surface area contributed by atoms with Crippen LogP contribution in [0.2, 0.25) is 0 Å². The smallest absolute Gasteiger partial charge is 0.0449 e. The quantitative estimate of drug-likeness (QED) is 0.903. The van der Waals surface area contributed by atoms with Crippen LogP contribution in [-0.2, 0) is 0 Å². The number of nitrogens with two attached hydrogens (primary N) is 1. The zero-order chi connectivity index (χ0) is 13.2. The van der Waals surface area contributed by atoms with Crippen molar-refractivity contribution < 1.29 is 0 Å². The molecule has 2 aromatic rings. The molecule has 19 heavy (non-hydrogen) atoms. The highest BCUT2D eigenvalue weighted by Crippen LogP contribution is 2.45. The minimum atomic E-state index is 0.463. The highest BCUT2D eigenvalue weighted by Gasteiger charge is 2.35. The van der Waals surface area contributed by atoms with Crippen LogP contribution in [0, 0.1) is 0 Å². The minimum Gasteiger partial charge on any atom is -0.337 e. The van der Waals surface area contributed by atoms with E-state index in [0.717, 1.165) is 13.0 Å². The molecule has 2 heteroatoms. The standard InChI is InChI=1S/C17H20N2/c1-13-15-9-5-6-10-17(15)19(16(13)11-12-18)14-7-3-2-4-8-14/h2-10,13,16H,11-12,18H2,1H3. The summed E-state index contributed by atoms with van der Waals surface area (Å²) in [5, 5.41) is 0. The third kappa shape index (κ3) is 2.02. The van der Waals surface area contributed by atoms with Gasteiger partial charge < -0.3 is 10.6 Å². The van der Waals surface area contributed by atoms with Crippen LogP contribution < -0.4 is 10.6 Å². The molecular weight excluding hydrogens is 232 g/mol. The lowest BCUT2D eigenvalue weighted by Gasteiger charge is -2.29. The van der Waals surface area contributed by atoms with Crippen LogP contribution in [0.1, 0.15) is 24.8 Å². The van der Waals surface area contributed by atoms with Crippen LogP contribution in [-0.4, -0.2) is 12.6 Å². The molecule has 2 N–H and O–H groups in total. The summed E-state index contributed by atoms with van der Waals surface area (Å²) < 4.78 is 0. The van der Waals surface area contributed by atoms with Crippen molar-refractivity contribution in [3.8, 4) is 0 Å². The molecule has 2 aromatic carbocycles. The van der Waals surface area contributed by atoms with Gasteiger partial charge in [0, 0.05) is 23.3 Å². The summed E-state index contributed by atoms with van der Waals surface area (Å²) in [6.45, 7) is 3.04. The molecule has 98 valence electrons. The molecule has 2 nitrogen and oxygen atoms in total. The Morgan fingerprint density at radius 2 is 1.68 bits per heavy atom. The zero-order valence-corrected chi connectivity index (χ0v) is 11.3. The van der Waals surface area contributed by atoms with Gasteiger partial charge in [0.05, 0.1) is 0 Å². The maximum atomic E-state index is 5.82. The van der Waals surface area contributed by atoms with Crippen molar-refractivity contribution in [3.05, 3.63) is 60.2 Å². The molecular formula is C17H20N2. The predicted molar refractivity (Wildman–Crippen MR) is 80.9 cm³/mol. The monoisotopic (exact) mass is 252 g/mol. The Kier molecular flexibility index (Phi) is 3.26. The molecule has 1 aliphatic heterocycles. The summed E-state index contributed by atoms with van der Waals surface area (Å²) >= 11 is 0. The molecule has 2 atom stereocenters. The number of benzene rings is 2. The molecule has 0 aliphatic carbocycles. The third-order valence-electron chi connectivity index (χ3n) is 4.09. The normalized spacial score (nSPS) is 21.5. The Morgan fingerprint density at radius 3 is 2.42 bits per heavy atom. The van der Waals surface area contributed by atoms with Gasteiger partial charge in [-0.2, -0.15) is 0 Å². The molecule has 0 spiro atoms. The lowest BCUT2D eigenvalue weighted by molar-refractivity contribution is 0.557. The van der Waals surface area contributed by atoms with Crippen LogP contribution in [0.5, 0.6) is 0 Å². The van der Waals surface area contributed by atoms with Gasteiger partial charge in [0.15, 0.2) is 0 Å². The molecule has 0 aromatic heterocycles. The van der Waals surface area contributed by atoms with E-state index in [1.54, 1.807) is 0 Å². The number of fused-ring (bicyclic) bond motifs is 1. The first-order valence-electron chi connectivity index (χ1n) is 6.96. The average Bonchev–Trinajstić information content (AvgIpc) is 2.74. The molecule has 0 saturated heterocycles. The lowest BCUT2D eigenvalue weighted by atomic mass is 9.95. The Morgan fingerprint density at radius 1 is 1.00 bits per heavy atom. The maximum absolute atomic E-state index is 5.82. The summed E-state index contributed by atoms with van der Waals surface area (Å²) in [4.78, 5) is 2.45. The Bertz CT molecular complexity index is 550. The van der Waals surface area contributed by atoms with E-state index in [0.29, 0.717) is 12.0 Å². The summed E-state index contributed by atoms with van der Waals surface area (Å²) in [6.07, 6.45) is 1.02. The van der Waals surface area contributed by atoms with Crippen LogP contribution >= 0.6 is 0 Å². The third-order valence-corrected chi connectivity index (χ3v) is 4.09. The Balaban J connectivity index is 2.09. The molecule has 2 unspecified atom stereocenters. The van der Waals surface area contributed by atoms with Gasteiger partial charge in [-0.1, -0.05) is 43.3 Å². The minimum absolute atomic E-state index is 0.463. The van der Waals surface area contributed by atoms with E-state index < -0.39 is 0 Å². The molecule has 1 heterocycles. The molecule has 0 fully saturated rings. The van der Waals surface area contributed by atoms with Gasteiger partial charge in [0.2, 0.25) is 0 Å². The van der Waals surface area contributed by atoms with Gasteiger partial charge >= 0.3 is 0 Å². The fraction of sp³-hybridized carbons (Fsp3) is 0.294.